The summed E-state index contributed by atoms with van der Waals surface area (Å²) < 4.78 is 13.3. The second-order valence-corrected chi connectivity index (χ2v) is 5.92. The van der Waals surface area contributed by atoms with Crippen molar-refractivity contribution in [2.24, 2.45) is 4.99 Å². The predicted molar refractivity (Wildman–Crippen MR) is 88.3 cm³/mol. The molecule has 0 N–H and O–H groups in total. The number of hydrogen-bond acceptors (Lipinski definition) is 3. The highest BCUT2D eigenvalue weighted by atomic mass is 35.5. The average Bonchev–Trinajstić information content (AvgIpc) is 2.86. The van der Waals surface area contributed by atoms with Gasteiger partial charge in [0.15, 0.2) is 0 Å². The zero-order valence-corrected chi connectivity index (χ0v) is 12.7. The number of nitrogens with zero attached hydrogens (tertiary/aromatic N) is 3. The average molecular weight is 316 g/mol. The van der Waals surface area contributed by atoms with Crippen molar-refractivity contribution in [1.29, 1.82) is 0 Å². The van der Waals surface area contributed by atoms with Crippen molar-refractivity contribution in [3.63, 3.8) is 0 Å². The van der Waals surface area contributed by atoms with Crippen LogP contribution in [0.1, 0.15) is 12.0 Å². The minimum absolute atomic E-state index is 0.160. The van der Waals surface area contributed by atoms with Crippen molar-refractivity contribution in [2.45, 2.75) is 13.0 Å². The summed E-state index contributed by atoms with van der Waals surface area (Å²) >= 11 is 5.90. The summed E-state index contributed by atoms with van der Waals surface area (Å²) in [6, 6.07) is 13.2. The van der Waals surface area contributed by atoms with Gasteiger partial charge in [-0.1, -0.05) is 29.8 Å². The second kappa shape index (κ2) is 5.29. The highest BCUT2D eigenvalue weighted by molar-refractivity contribution is 6.30. The van der Waals surface area contributed by atoms with Crippen molar-refractivity contribution in [2.75, 3.05) is 22.9 Å². The van der Waals surface area contributed by atoms with Crippen LogP contribution in [0.15, 0.2) is 47.5 Å². The summed E-state index contributed by atoms with van der Waals surface area (Å²) in [5.74, 6) is 0.594. The number of halogens is 2. The van der Waals surface area contributed by atoms with Gasteiger partial charge < -0.3 is 9.80 Å². The van der Waals surface area contributed by atoms with Gasteiger partial charge in [0.05, 0.1) is 22.9 Å². The van der Waals surface area contributed by atoms with Crippen molar-refractivity contribution >= 4 is 28.9 Å². The van der Waals surface area contributed by atoms with Crippen molar-refractivity contribution < 1.29 is 4.39 Å². The van der Waals surface area contributed by atoms with Crippen LogP contribution in [0.5, 0.6) is 0 Å². The van der Waals surface area contributed by atoms with E-state index in [-0.39, 0.29) is 10.8 Å². The molecule has 5 heteroatoms. The summed E-state index contributed by atoms with van der Waals surface area (Å²) in [6.07, 6.45) is 1.06. The van der Waals surface area contributed by atoms with E-state index in [1.165, 1.54) is 11.8 Å². The Balaban J connectivity index is 1.73. The Kier molecular flexibility index (Phi) is 3.26. The molecule has 4 rings (SSSR count). The lowest BCUT2D eigenvalue weighted by Crippen LogP contribution is -2.41. The lowest BCUT2D eigenvalue weighted by Gasteiger charge is -2.27. The molecule has 0 atom stereocenters. The van der Waals surface area contributed by atoms with Crippen LogP contribution in [0.3, 0.4) is 0 Å². The Morgan fingerprint density at radius 1 is 1.14 bits per heavy atom. The van der Waals surface area contributed by atoms with E-state index in [1.54, 1.807) is 12.1 Å². The molecular formula is C17H15ClFN3. The van der Waals surface area contributed by atoms with Gasteiger partial charge in [-0.15, -0.1) is 0 Å². The maximum atomic E-state index is 13.3. The van der Waals surface area contributed by atoms with Crippen LogP contribution in [0, 0.1) is 5.82 Å². The number of rotatable bonds is 2. The summed E-state index contributed by atoms with van der Waals surface area (Å²) in [5.41, 5.74) is 3.30. The van der Waals surface area contributed by atoms with E-state index in [4.69, 9.17) is 11.6 Å². The molecule has 0 spiro atoms. The standard InChI is InChI=1S/C17H15ClFN3/c18-13-10-12(6-7-14(13)19)11-22-16-5-2-1-4-15(16)21-9-3-8-20-17(21)22/h1-2,4-7,10H,3,8-9,11H2. The first kappa shape index (κ1) is 13.6. The van der Waals surface area contributed by atoms with Crippen molar-refractivity contribution in [1.82, 2.24) is 0 Å². The van der Waals surface area contributed by atoms with Crippen LogP contribution in [-0.2, 0) is 6.54 Å². The maximum absolute atomic E-state index is 13.3. The molecule has 0 saturated carbocycles. The zero-order chi connectivity index (χ0) is 15.1. The molecule has 2 aliphatic rings. The van der Waals surface area contributed by atoms with Crippen molar-refractivity contribution in [3.8, 4) is 0 Å². The molecule has 2 aromatic rings. The zero-order valence-electron chi connectivity index (χ0n) is 12.0. The summed E-state index contributed by atoms with van der Waals surface area (Å²) in [6.45, 7) is 2.46. The molecule has 0 radical (unpaired) electrons. The fourth-order valence-electron chi connectivity index (χ4n) is 3.06. The van der Waals surface area contributed by atoms with Crippen LogP contribution < -0.4 is 9.80 Å². The number of benzene rings is 2. The number of guanidine groups is 1. The Morgan fingerprint density at radius 2 is 1.95 bits per heavy atom. The fourth-order valence-corrected chi connectivity index (χ4v) is 3.26. The Morgan fingerprint density at radius 3 is 2.77 bits per heavy atom. The predicted octanol–water partition coefficient (Wildman–Crippen LogP) is 4.07. The molecule has 0 amide bonds. The SMILES string of the molecule is Fc1ccc(CN2C3=NCCCN3c3ccccc32)cc1Cl. The van der Waals surface area contributed by atoms with Gasteiger partial charge in [0.2, 0.25) is 5.96 Å². The summed E-state index contributed by atoms with van der Waals surface area (Å²) in [4.78, 5) is 9.12. The van der Waals surface area contributed by atoms with Gasteiger partial charge in [0, 0.05) is 13.1 Å². The lowest BCUT2D eigenvalue weighted by molar-refractivity contribution is 0.627. The van der Waals surface area contributed by atoms with E-state index in [0.29, 0.717) is 6.54 Å². The van der Waals surface area contributed by atoms with Crippen LogP contribution in [0.25, 0.3) is 0 Å². The molecule has 0 saturated heterocycles. The fraction of sp³-hybridized carbons (Fsp3) is 0.235. The number of hydrogen-bond donors (Lipinski definition) is 0. The molecule has 112 valence electrons. The van der Waals surface area contributed by atoms with Gasteiger partial charge in [-0.3, -0.25) is 4.99 Å². The third-order valence-corrected chi connectivity index (χ3v) is 4.35. The third-order valence-electron chi connectivity index (χ3n) is 4.06. The Hall–Kier alpha value is -2.07. The molecule has 2 aliphatic heterocycles. The van der Waals surface area contributed by atoms with E-state index in [1.807, 2.05) is 12.1 Å². The summed E-state index contributed by atoms with van der Waals surface area (Å²) in [5, 5.41) is 0.160. The normalized spacial score (nSPS) is 16.4. The first-order chi connectivity index (χ1) is 10.7. The monoisotopic (exact) mass is 315 g/mol. The third kappa shape index (κ3) is 2.15. The van der Waals surface area contributed by atoms with E-state index in [2.05, 4.69) is 26.9 Å². The van der Waals surface area contributed by atoms with Gasteiger partial charge in [0.1, 0.15) is 5.82 Å². The van der Waals surface area contributed by atoms with Gasteiger partial charge in [-0.05, 0) is 36.2 Å². The minimum Gasteiger partial charge on any atom is -0.310 e. The van der Waals surface area contributed by atoms with Crippen LogP contribution in [0.2, 0.25) is 5.02 Å². The van der Waals surface area contributed by atoms with Crippen molar-refractivity contribution in [3.05, 3.63) is 58.9 Å². The Bertz CT molecular complexity index is 759. The molecular weight excluding hydrogens is 301 g/mol. The molecule has 0 bridgehead atoms. The quantitative estimate of drug-likeness (QED) is 0.832. The summed E-state index contributed by atoms with van der Waals surface area (Å²) in [7, 11) is 0. The highest BCUT2D eigenvalue weighted by Crippen LogP contribution is 2.39. The lowest BCUT2D eigenvalue weighted by atomic mass is 10.2. The van der Waals surface area contributed by atoms with E-state index >= 15 is 0 Å². The Labute approximate surface area is 133 Å². The maximum Gasteiger partial charge on any atom is 0.206 e. The topological polar surface area (TPSA) is 18.8 Å². The molecule has 22 heavy (non-hydrogen) atoms. The number of anilines is 2. The minimum atomic E-state index is -0.385. The highest BCUT2D eigenvalue weighted by Gasteiger charge is 2.33. The first-order valence-corrected chi connectivity index (χ1v) is 7.74. The van der Waals surface area contributed by atoms with Gasteiger partial charge in [-0.25, -0.2) is 4.39 Å². The molecule has 2 aromatic carbocycles. The van der Waals surface area contributed by atoms with Crippen LogP contribution in [0.4, 0.5) is 15.8 Å². The second-order valence-electron chi connectivity index (χ2n) is 5.51. The molecule has 3 nitrogen and oxygen atoms in total. The first-order valence-electron chi connectivity index (χ1n) is 7.36. The molecule has 0 unspecified atom stereocenters. The van der Waals surface area contributed by atoms with E-state index in [9.17, 15) is 4.39 Å². The van der Waals surface area contributed by atoms with Gasteiger partial charge >= 0.3 is 0 Å². The number of aliphatic imine (C=N–C) groups is 1. The largest absolute Gasteiger partial charge is 0.310 e. The smallest absolute Gasteiger partial charge is 0.206 e. The molecule has 0 aliphatic carbocycles. The number of fused-ring (bicyclic) bond motifs is 3. The molecule has 0 aromatic heterocycles. The van der Waals surface area contributed by atoms with Crippen LogP contribution in [-0.4, -0.2) is 19.0 Å². The van der Waals surface area contributed by atoms with E-state index in [0.717, 1.165) is 36.7 Å². The van der Waals surface area contributed by atoms with Crippen LogP contribution >= 0.6 is 11.6 Å². The van der Waals surface area contributed by atoms with E-state index < -0.39 is 0 Å². The molecule has 2 heterocycles. The number of para-hydroxylation sites is 2. The molecule has 0 fully saturated rings. The van der Waals surface area contributed by atoms with Gasteiger partial charge in [-0.2, -0.15) is 0 Å². The van der Waals surface area contributed by atoms with Gasteiger partial charge in [0.25, 0.3) is 0 Å².